The molecule has 3 N–H and O–H groups in total. The van der Waals surface area contributed by atoms with Gasteiger partial charge in [0.25, 0.3) is 0 Å². The van der Waals surface area contributed by atoms with E-state index in [1.165, 1.54) is 19.5 Å². The van der Waals surface area contributed by atoms with Gasteiger partial charge in [0.2, 0.25) is 0 Å². The molecule has 1 aliphatic heterocycles. The van der Waals surface area contributed by atoms with E-state index in [-0.39, 0.29) is 17.7 Å². The summed E-state index contributed by atoms with van der Waals surface area (Å²) in [6, 6.07) is 16.8. The molecule has 0 saturated heterocycles. The molecule has 7 nitrogen and oxygen atoms in total. The molecule has 33 heavy (non-hydrogen) atoms. The summed E-state index contributed by atoms with van der Waals surface area (Å²) in [6.07, 6.45) is 1.16. The lowest BCUT2D eigenvalue weighted by molar-refractivity contribution is -0.154. The molecule has 3 aromatic rings. The van der Waals surface area contributed by atoms with E-state index >= 15 is 0 Å². The van der Waals surface area contributed by atoms with Gasteiger partial charge in [-0.25, -0.2) is 0 Å². The third-order valence-corrected chi connectivity index (χ3v) is 7.06. The molecule has 1 aliphatic carbocycles. The fourth-order valence-corrected chi connectivity index (χ4v) is 5.76. The van der Waals surface area contributed by atoms with Crippen LogP contribution in [0.15, 0.2) is 67.0 Å². The minimum absolute atomic E-state index is 0.269. The SMILES string of the molecule is COc1cncc2c1[C@]1(O)[C@H](O)[C@H](CC(=O)O)[C@@H](c3ccccc3)[C@]1(c1ccc(C)cc1)O2. The maximum Gasteiger partial charge on any atom is 0.303 e. The van der Waals surface area contributed by atoms with E-state index in [1.54, 1.807) is 0 Å². The Hall–Kier alpha value is -3.42. The van der Waals surface area contributed by atoms with Crippen molar-refractivity contribution in [2.75, 3.05) is 7.11 Å². The van der Waals surface area contributed by atoms with Crippen molar-refractivity contribution in [3.63, 3.8) is 0 Å². The number of aromatic nitrogens is 1. The van der Waals surface area contributed by atoms with E-state index in [4.69, 9.17) is 9.47 Å². The fraction of sp³-hybridized carbons (Fsp3) is 0.308. The topological polar surface area (TPSA) is 109 Å². The maximum absolute atomic E-state index is 12.5. The Balaban J connectivity index is 1.86. The van der Waals surface area contributed by atoms with Crippen molar-refractivity contribution in [1.82, 2.24) is 4.98 Å². The smallest absolute Gasteiger partial charge is 0.303 e. The van der Waals surface area contributed by atoms with Crippen LogP contribution in [0.4, 0.5) is 0 Å². The minimum Gasteiger partial charge on any atom is -0.495 e. The molecule has 0 bridgehead atoms. The van der Waals surface area contributed by atoms with E-state index in [9.17, 15) is 20.1 Å². The number of carboxylic acid groups (broad SMARTS) is 1. The van der Waals surface area contributed by atoms with Gasteiger partial charge >= 0.3 is 5.97 Å². The molecule has 1 saturated carbocycles. The number of hydrogen-bond acceptors (Lipinski definition) is 6. The predicted octanol–water partition coefficient (Wildman–Crippen LogP) is 3.12. The fourth-order valence-electron chi connectivity index (χ4n) is 5.76. The summed E-state index contributed by atoms with van der Waals surface area (Å²) < 4.78 is 12.1. The summed E-state index contributed by atoms with van der Waals surface area (Å²) in [6.45, 7) is 1.95. The van der Waals surface area contributed by atoms with Gasteiger partial charge in [-0.3, -0.25) is 9.78 Å². The van der Waals surface area contributed by atoms with Crippen molar-refractivity contribution in [1.29, 1.82) is 0 Å². The van der Waals surface area contributed by atoms with Crippen molar-refractivity contribution in [3.8, 4) is 11.5 Å². The lowest BCUT2D eigenvalue weighted by atomic mass is 9.70. The molecule has 170 valence electrons. The van der Waals surface area contributed by atoms with Crippen molar-refractivity contribution in [2.45, 2.75) is 36.6 Å². The molecule has 0 radical (unpaired) electrons. The molecule has 7 heteroatoms. The maximum atomic E-state index is 12.5. The first-order valence-electron chi connectivity index (χ1n) is 10.8. The second kappa shape index (κ2) is 7.57. The van der Waals surface area contributed by atoms with E-state index < -0.39 is 35.1 Å². The summed E-state index contributed by atoms with van der Waals surface area (Å²) in [4.78, 5) is 16.1. The van der Waals surface area contributed by atoms with E-state index in [0.717, 1.165) is 11.1 Å². The highest BCUT2D eigenvalue weighted by molar-refractivity contribution is 5.69. The molecule has 2 aromatic carbocycles. The van der Waals surface area contributed by atoms with Gasteiger partial charge in [-0.05, 0) is 18.1 Å². The van der Waals surface area contributed by atoms with E-state index in [1.807, 2.05) is 61.5 Å². The highest BCUT2D eigenvalue weighted by atomic mass is 16.5. The van der Waals surface area contributed by atoms with Crippen LogP contribution in [-0.4, -0.2) is 39.5 Å². The average Bonchev–Trinajstić information content (AvgIpc) is 3.18. The van der Waals surface area contributed by atoms with Crippen molar-refractivity contribution < 1.29 is 29.6 Å². The zero-order valence-corrected chi connectivity index (χ0v) is 18.3. The number of aliphatic carboxylic acids is 1. The quantitative estimate of drug-likeness (QED) is 0.551. The molecule has 5 rings (SSSR count). The highest BCUT2D eigenvalue weighted by Gasteiger charge is 2.76. The second-order valence-electron chi connectivity index (χ2n) is 8.78. The number of carboxylic acids is 1. The van der Waals surface area contributed by atoms with Crippen LogP contribution in [0.25, 0.3) is 0 Å². The van der Waals surface area contributed by atoms with Gasteiger partial charge in [0.1, 0.15) is 11.5 Å². The number of carbonyl (C=O) groups is 1. The lowest BCUT2D eigenvalue weighted by Crippen LogP contribution is -2.52. The first-order valence-corrected chi connectivity index (χ1v) is 10.8. The molecule has 2 heterocycles. The number of aliphatic hydroxyl groups excluding tert-OH is 1. The summed E-state index contributed by atoms with van der Waals surface area (Å²) in [5.74, 6) is -2.00. The van der Waals surface area contributed by atoms with Gasteiger partial charge < -0.3 is 24.8 Å². The number of pyridine rings is 1. The van der Waals surface area contributed by atoms with E-state index in [2.05, 4.69) is 4.98 Å². The van der Waals surface area contributed by atoms with E-state index in [0.29, 0.717) is 11.3 Å². The van der Waals surface area contributed by atoms with Crippen LogP contribution in [-0.2, 0) is 16.0 Å². The Bertz CT molecular complexity index is 1200. The van der Waals surface area contributed by atoms with Crippen LogP contribution in [0.1, 0.15) is 34.6 Å². The zero-order valence-electron chi connectivity index (χ0n) is 18.3. The molecule has 2 aliphatic rings. The summed E-state index contributed by atoms with van der Waals surface area (Å²) in [7, 11) is 1.46. The number of methoxy groups -OCH3 is 1. The molecule has 1 aromatic heterocycles. The third-order valence-electron chi connectivity index (χ3n) is 7.06. The number of aliphatic hydroxyl groups is 2. The number of hydrogen-bond donors (Lipinski definition) is 3. The molecular weight excluding hydrogens is 422 g/mol. The Kier molecular flexibility index (Phi) is 4.92. The first-order chi connectivity index (χ1) is 15.8. The van der Waals surface area contributed by atoms with Crippen LogP contribution < -0.4 is 9.47 Å². The first kappa shape index (κ1) is 21.4. The molecule has 0 amide bonds. The predicted molar refractivity (Wildman–Crippen MR) is 119 cm³/mol. The highest BCUT2D eigenvalue weighted by Crippen LogP contribution is 2.70. The standard InChI is InChI=1S/C26H25NO6/c1-15-8-10-17(11-9-15)26-22(16-6-4-3-5-7-16)18(12-21(28)29)24(30)25(26,31)23-19(32-2)13-27-14-20(23)33-26/h3-11,13-14,18,22,24,30-31H,12H2,1-2H3,(H,28,29)/t18-,22-,24-,25+,26+/m1/s1. The van der Waals surface area contributed by atoms with Crippen molar-refractivity contribution >= 4 is 5.97 Å². The van der Waals surface area contributed by atoms with Crippen molar-refractivity contribution in [2.24, 2.45) is 5.92 Å². The Morgan fingerprint density at radius 2 is 1.82 bits per heavy atom. The van der Waals surface area contributed by atoms with Crippen molar-refractivity contribution in [3.05, 3.63) is 89.2 Å². The van der Waals surface area contributed by atoms with Crippen LogP contribution in [0.5, 0.6) is 11.5 Å². The normalized spacial score (nSPS) is 29.8. The van der Waals surface area contributed by atoms with Crippen LogP contribution in [0.2, 0.25) is 0 Å². The number of nitrogens with zero attached hydrogens (tertiary/aromatic N) is 1. The van der Waals surface area contributed by atoms with Gasteiger partial charge in [0.05, 0.1) is 37.6 Å². The average molecular weight is 447 g/mol. The molecule has 5 atom stereocenters. The Morgan fingerprint density at radius 3 is 2.45 bits per heavy atom. The van der Waals surface area contributed by atoms with Crippen LogP contribution in [0, 0.1) is 12.8 Å². The summed E-state index contributed by atoms with van der Waals surface area (Å²) in [5.41, 5.74) is -0.784. The lowest BCUT2D eigenvalue weighted by Gasteiger charge is -2.41. The van der Waals surface area contributed by atoms with Crippen LogP contribution >= 0.6 is 0 Å². The number of aryl methyl sites for hydroxylation is 1. The molecule has 0 unspecified atom stereocenters. The zero-order chi connectivity index (χ0) is 23.4. The molecular formula is C26H25NO6. The number of rotatable bonds is 5. The Labute approximate surface area is 191 Å². The minimum atomic E-state index is -1.98. The third kappa shape index (κ3) is 2.82. The summed E-state index contributed by atoms with van der Waals surface area (Å²) >= 11 is 0. The molecule has 0 spiro atoms. The molecule has 1 fully saturated rings. The van der Waals surface area contributed by atoms with Gasteiger partial charge in [0.15, 0.2) is 11.2 Å². The number of fused-ring (bicyclic) bond motifs is 3. The summed E-state index contributed by atoms with van der Waals surface area (Å²) in [5, 5.41) is 33.9. The van der Waals surface area contributed by atoms with Gasteiger partial charge in [0, 0.05) is 11.8 Å². The van der Waals surface area contributed by atoms with Crippen LogP contribution in [0.3, 0.4) is 0 Å². The number of benzene rings is 2. The largest absolute Gasteiger partial charge is 0.495 e. The van der Waals surface area contributed by atoms with Gasteiger partial charge in [-0.15, -0.1) is 0 Å². The van der Waals surface area contributed by atoms with Gasteiger partial charge in [-0.2, -0.15) is 0 Å². The van der Waals surface area contributed by atoms with Gasteiger partial charge in [-0.1, -0.05) is 60.2 Å². The second-order valence-corrected chi connectivity index (χ2v) is 8.78. The number of ether oxygens (including phenoxy) is 2. The Morgan fingerprint density at radius 1 is 1.12 bits per heavy atom. The monoisotopic (exact) mass is 447 g/mol.